The van der Waals surface area contributed by atoms with Crippen molar-refractivity contribution in [3.8, 4) is 0 Å². The first-order valence-electron chi connectivity index (χ1n) is 6.26. The van der Waals surface area contributed by atoms with Crippen molar-refractivity contribution < 1.29 is 9.53 Å². The second-order valence-corrected chi connectivity index (χ2v) is 4.72. The van der Waals surface area contributed by atoms with Crippen LogP contribution in [0, 0.1) is 5.92 Å². The van der Waals surface area contributed by atoms with Gasteiger partial charge in [0.25, 0.3) is 5.91 Å². The third-order valence-corrected chi connectivity index (χ3v) is 3.50. The molecule has 0 saturated carbocycles. The summed E-state index contributed by atoms with van der Waals surface area (Å²) in [6.07, 6.45) is 3.88. The second-order valence-electron chi connectivity index (χ2n) is 4.72. The number of anilines is 1. The number of amides is 1. The predicted octanol–water partition coefficient (Wildman–Crippen LogP) is 0.259. The lowest BCUT2D eigenvalue weighted by molar-refractivity contribution is -0.00178. The Bertz CT molecular complexity index is 436. The van der Waals surface area contributed by atoms with Crippen LogP contribution < -0.4 is 11.3 Å². The van der Waals surface area contributed by atoms with Crippen LogP contribution in [0.25, 0.3) is 0 Å². The fourth-order valence-electron chi connectivity index (χ4n) is 2.20. The fourth-order valence-corrected chi connectivity index (χ4v) is 2.20. The molecule has 104 valence electrons. The van der Waals surface area contributed by atoms with E-state index in [1.807, 2.05) is 0 Å². The Hall–Kier alpha value is -1.73. The summed E-state index contributed by atoms with van der Waals surface area (Å²) in [7, 11) is 1.68. The SMILES string of the molecule is COC1CN(C(=O)c2cnc(NN)cn2)CCC1C. The van der Waals surface area contributed by atoms with Crippen LogP contribution in [-0.2, 0) is 4.74 Å². The van der Waals surface area contributed by atoms with Gasteiger partial charge in [-0.1, -0.05) is 6.92 Å². The van der Waals surface area contributed by atoms with E-state index < -0.39 is 0 Å². The van der Waals surface area contributed by atoms with Crippen molar-refractivity contribution in [3.63, 3.8) is 0 Å². The summed E-state index contributed by atoms with van der Waals surface area (Å²) in [6, 6.07) is 0. The Labute approximate surface area is 112 Å². The molecule has 1 aromatic rings. The predicted molar refractivity (Wildman–Crippen MR) is 70.3 cm³/mol. The second kappa shape index (κ2) is 5.94. The number of hydrogen-bond acceptors (Lipinski definition) is 6. The minimum Gasteiger partial charge on any atom is -0.379 e. The summed E-state index contributed by atoms with van der Waals surface area (Å²) >= 11 is 0. The maximum absolute atomic E-state index is 12.3. The fraction of sp³-hybridized carbons (Fsp3) is 0.583. The highest BCUT2D eigenvalue weighted by Crippen LogP contribution is 2.20. The van der Waals surface area contributed by atoms with Gasteiger partial charge in [0.05, 0.1) is 18.5 Å². The normalized spacial score (nSPS) is 23.2. The molecule has 7 heteroatoms. The maximum atomic E-state index is 12.3. The van der Waals surface area contributed by atoms with E-state index in [4.69, 9.17) is 10.6 Å². The molecule has 1 amide bonds. The summed E-state index contributed by atoms with van der Waals surface area (Å²) in [5, 5.41) is 0. The van der Waals surface area contributed by atoms with Crippen molar-refractivity contribution in [2.24, 2.45) is 11.8 Å². The molecule has 0 bridgehead atoms. The Kier molecular flexibility index (Phi) is 4.28. The van der Waals surface area contributed by atoms with Crippen molar-refractivity contribution in [2.75, 3.05) is 25.6 Å². The van der Waals surface area contributed by atoms with Gasteiger partial charge in [0.2, 0.25) is 0 Å². The highest BCUT2D eigenvalue weighted by Gasteiger charge is 2.29. The third kappa shape index (κ3) is 2.99. The minimum atomic E-state index is -0.120. The molecule has 0 aliphatic carbocycles. The van der Waals surface area contributed by atoms with Gasteiger partial charge in [-0.25, -0.2) is 15.8 Å². The lowest BCUT2D eigenvalue weighted by Crippen LogP contribution is -2.46. The number of nitrogen functional groups attached to an aromatic ring is 1. The van der Waals surface area contributed by atoms with Gasteiger partial charge in [-0.15, -0.1) is 0 Å². The quantitative estimate of drug-likeness (QED) is 0.601. The number of ether oxygens (including phenoxy) is 1. The average Bonchev–Trinajstić information content (AvgIpc) is 2.47. The summed E-state index contributed by atoms with van der Waals surface area (Å²) in [4.78, 5) is 22.1. The van der Waals surface area contributed by atoms with Crippen molar-refractivity contribution in [2.45, 2.75) is 19.4 Å². The number of methoxy groups -OCH3 is 1. The number of nitrogens with two attached hydrogens (primary N) is 1. The van der Waals surface area contributed by atoms with Gasteiger partial charge >= 0.3 is 0 Å². The van der Waals surface area contributed by atoms with Crippen molar-refractivity contribution in [1.82, 2.24) is 14.9 Å². The topological polar surface area (TPSA) is 93.4 Å². The minimum absolute atomic E-state index is 0.0793. The molecule has 1 aliphatic rings. The number of hydrazine groups is 1. The van der Waals surface area contributed by atoms with Crippen LogP contribution in [0.15, 0.2) is 12.4 Å². The van der Waals surface area contributed by atoms with Crippen LogP contribution in [-0.4, -0.2) is 47.1 Å². The number of carbonyl (C=O) groups is 1. The van der Waals surface area contributed by atoms with Gasteiger partial charge in [0.1, 0.15) is 5.69 Å². The first-order valence-corrected chi connectivity index (χ1v) is 6.26. The molecule has 1 aromatic heterocycles. The van der Waals surface area contributed by atoms with Crippen LogP contribution in [0.4, 0.5) is 5.82 Å². The monoisotopic (exact) mass is 265 g/mol. The number of hydrogen-bond donors (Lipinski definition) is 2. The van der Waals surface area contributed by atoms with Crippen LogP contribution in [0.3, 0.4) is 0 Å². The number of aromatic nitrogens is 2. The maximum Gasteiger partial charge on any atom is 0.274 e. The molecule has 0 radical (unpaired) electrons. The zero-order valence-electron chi connectivity index (χ0n) is 11.2. The summed E-state index contributed by atoms with van der Waals surface area (Å²) in [6.45, 7) is 3.45. The molecular weight excluding hydrogens is 246 g/mol. The molecule has 0 spiro atoms. The zero-order valence-corrected chi connectivity index (χ0v) is 11.2. The van der Waals surface area contributed by atoms with E-state index in [1.165, 1.54) is 12.4 Å². The summed E-state index contributed by atoms with van der Waals surface area (Å²) in [5.41, 5.74) is 2.70. The summed E-state index contributed by atoms with van der Waals surface area (Å²) in [5.74, 6) is 5.98. The number of rotatable bonds is 3. The Morgan fingerprint density at radius 3 is 2.89 bits per heavy atom. The molecule has 1 aliphatic heterocycles. The molecule has 0 aromatic carbocycles. The van der Waals surface area contributed by atoms with Gasteiger partial charge in [0.15, 0.2) is 5.82 Å². The molecule has 3 N–H and O–H groups in total. The van der Waals surface area contributed by atoms with Gasteiger partial charge in [-0.3, -0.25) is 4.79 Å². The lowest BCUT2D eigenvalue weighted by Gasteiger charge is -2.35. The highest BCUT2D eigenvalue weighted by molar-refractivity contribution is 5.92. The molecule has 19 heavy (non-hydrogen) atoms. The average molecular weight is 265 g/mol. The third-order valence-electron chi connectivity index (χ3n) is 3.50. The number of nitrogens with zero attached hydrogens (tertiary/aromatic N) is 3. The zero-order chi connectivity index (χ0) is 13.8. The van der Waals surface area contributed by atoms with Crippen LogP contribution >= 0.6 is 0 Å². The molecular formula is C12H19N5O2. The lowest BCUT2D eigenvalue weighted by atomic mass is 9.95. The van der Waals surface area contributed by atoms with E-state index in [-0.39, 0.29) is 12.0 Å². The molecule has 2 heterocycles. The molecule has 7 nitrogen and oxygen atoms in total. The molecule has 1 fully saturated rings. The molecule has 1 saturated heterocycles. The summed E-state index contributed by atoms with van der Waals surface area (Å²) < 4.78 is 5.40. The van der Waals surface area contributed by atoms with Crippen LogP contribution in [0.1, 0.15) is 23.8 Å². The molecule has 2 atom stereocenters. The van der Waals surface area contributed by atoms with Gasteiger partial charge in [-0.2, -0.15) is 0 Å². The van der Waals surface area contributed by atoms with Crippen molar-refractivity contribution in [1.29, 1.82) is 0 Å². The smallest absolute Gasteiger partial charge is 0.274 e. The van der Waals surface area contributed by atoms with Crippen molar-refractivity contribution >= 4 is 11.7 Å². The highest BCUT2D eigenvalue weighted by atomic mass is 16.5. The van der Waals surface area contributed by atoms with Crippen LogP contribution in [0.5, 0.6) is 0 Å². The first kappa shape index (κ1) is 13.7. The van der Waals surface area contributed by atoms with Gasteiger partial charge in [-0.05, 0) is 12.3 Å². The molecule has 2 unspecified atom stereocenters. The van der Waals surface area contributed by atoms with Gasteiger partial charge < -0.3 is 15.1 Å². The number of piperidine rings is 1. The Morgan fingerprint density at radius 1 is 1.53 bits per heavy atom. The molecule has 2 rings (SSSR count). The van der Waals surface area contributed by atoms with Crippen molar-refractivity contribution in [3.05, 3.63) is 18.1 Å². The van der Waals surface area contributed by atoms with E-state index in [0.717, 1.165) is 13.0 Å². The number of likely N-dealkylation sites (tertiary alicyclic amines) is 1. The Balaban J connectivity index is 2.06. The van der Waals surface area contributed by atoms with E-state index in [2.05, 4.69) is 22.3 Å². The number of carbonyl (C=O) groups excluding carboxylic acids is 1. The van der Waals surface area contributed by atoms with E-state index in [9.17, 15) is 4.79 Å². The Morgan fingerprint density at radius 2 is 2.32 bits per heavy atom. The van der Waals surface area contributed by atoms with Crippen LogP contribution in [0.2, 0.25) is 0 Å². The van der Waals surface area contributed by atoms with E-state index in [0.29, 0.717) is 24.0 Å². The van der Waals surface area contributed by atoms with E-state index in [1.54, 1.807) is 12.0 Å². The first-order chi connectivity index (χ1) is 9.15. The largest absolute Gasteiger partial charge is 0.379 e. The standard InChI is InChI=1S/C12H19N5O2/c1-8-3-4-17(7-10(8)19-2)12(18)9-5-15-11(16-13)6-14-9/h5-6,8,10H,3-4,7,13H2,1-2H3,(H,15,16). The van der Waals surface area contributed by atoms with E-state index >= 15 is 0 Å². The van der Waals surface area contributed by atoms with Gasteiger partial charge in [0, 0.05) is 20.2 Å². The number of nitrogens with one attached hydrogen (secondary N) is 1.